The second-order valence-corrected chi connectivity index (χ2v) is 11.2. The van der Waals surface area contributed by atoms with Gasteiger partial charge in [0.2, 0.25) is 0 Å². The summed E-state index contributed by atoms with van der Waals surface area (Å²) in [7, 11) is 2.18. The fourth-order valence-electron chi connectivity index (χ4n) is 9.43. The van der Waals surface area contributed by atoms with Gasteiger partial charge < -0.3 is 20.2 Å². The summed E-state index contributed by atoms with van der Waals surface area (Å²) in [5, 5.41) is 34.6. The highest BCUT2D eigenvalue weighted by atomic mass is 16.3. The van der Waals surface area contributed by atoms with Crippen LogP contribution in [0.2, 0.25) is 0 Å². The van der Waals surface area contributed by atoms with Crippen LogP contribution in [-0.2, 0) is 0 Å². The molecular formula is C23H37NO3. The summed E-state index contributed by atoms with van der Waals surface area (Å²) in [6, 6.07) is 0.237. The van der Waals surface area contributed by atoms with E-state index in [2.05, 4.69) is 39.3 Å². The quantitative estimate of drug-likeness (QED) is 0.649. The standard InChI is InChI=1S/C23H37NO3/c1-6-24(5)19-14-11-15-21(3,4)9-8-16(25)23(15,19)18-17(26)13-7-10-22(14,18)20(27)12(13)2/h13-20,25-27H,2,6-11H2,1,3-5H3. The molecule has 0 aromatic rings. The van der Waals surface area contributed by atoms with E-state index in [9.17, 15) is 15.3 Å². The molecule has 6 aliphatic rings. The summed E-state index contributed by atoms with van der Waals surface area (Å²) in [5.74, 6) is 0.711. The van der Waals surface area contributed by atoms with Gasteiger partial charge in [-0.25, -0.2) is 0 Å². The van der Waals surface area contributed by atoms with Crippen LogP contribution in [0.3, 0.4) is 0 Å². The maximum atomic E-state index is 11.6. The molecule has 4 heteroatoms. The summed E-state index contributed by atoms with van der Waals surface area (Å²) in [4.78, 5) is 2.43. The first-order valence-electron chi connectivity index (χ1n) is 11.1. The lowest BCUT2D eigenvalue weighted by Gasteiger charge is -2.67. The average Bonchev–Trinajstić information content (AvgIpc) is 3.12. The molecule has 6 fully saturated rings. The van der Waals surface area contributed by atoms with E-state index in [-0.39, 0.29) is 34.1 Å². The Hall–Kier alpha value is -0.420. The van der Waals surface area contributed by atoms with Gasteiger partial charge in [0, 0.05) is 28.7 Å². The smallest absolute Gasteiger partial charge is 0.0814 e. The van der Waals surface area contributed by atoms with Gasteiger partial charge in [-0.05, 0) is 68.5 Å². The largest absolute Gasteiger partial charge is 0.392 e. The van der Waals surface area contributed by atoms with Crippen LogP contribution in [0.1, 0.15) is 52.9 Å². The number of aliphatic hydroxyl groups excluding tert-OH is 3. The first kappa shape index (κ1) is 18.6. The first-order chi connectivity index (χ1) is 12.7. The number of aliphatic hydroxyl groups is 3. The van der Waals surface area contributed by atoms with Crippen molar-refractivity contribution in [3.63, 3.8) is 0 Å². The molecule has 0 aliphatic heterocycles. The minimum absolute atomic E-state index is 0.00827. The van der Waals surface area contributed by atoms with E-state index in [0.29, 0.717) is 11.8 Å². The average molecular weight is 376 g/mol. The molecule has 10 unspecified atom stereocenters. The van der Waals surface area contributed by atoms with Gasteiger partial charge in [0.05, 0.1) is 18.3 Å². The molecular weight excluding hydrogens is 338 g/mol. The monoisotopic (exact) mass is 375 g/mol. The topological polar surface area (TPSA) is 63.9 Å². The van der Waals surface area contributed by atoms with Gasteiger partial charge in [0.15, 0.2) is 0 Å². The Bertz CT molecular complexity index is 677. The van der Waals surface area contributed by atoms with Crippen LogP contribution in [-0.4, -0.2) is 58.2 Å². The third-order valence-corrected chi connectivity index (χ3v) is 10.3. The summed E-state index contributed by atoms with van der Waals surface area (Å²) < 4.78 is 0. The van der Waals surface area contributed by atoms with Crippen LogP contribution >= 0.6 is 0 Å². The molecule has 0 aromatic heterocycles. The molecule has 0 aromatic carbocycles. The third kappa shape index (κ3) is 1.77. The van der Waals surface area contributed by atoms with Crippen molar-refractivity contribution in [1.82, 2.24) is 4.90 Å². The summed E-state index contributed by atoms with van der Waals surface area (Å²) in [6.07, 6.45) is 3.44. The van der Waals surface area contributed by atoms with Gasteiger partial charge in [-0.15, -0.1) is 0 Å². The fourth-order valence-corrected chi connectivity index (χ4v) is 9.43. The Morgan fingerprint density at radius 2 is 1.85 bits per heavy atom. The molecule has 6 rings (SSSR count). The van der Waals surface area contributed by atoms with Crippen molar-refractivity contribution in [1.29, 1.82) is 0 Å². The molecule has 152 valence electrons. The number of nitrogens with zero attached hydrogens (tertiary/aromatic N) is 1. The zero-order chi connectivity index (χ0) is 19.5. The number of hydrogen-bond donors (Lipinski definition) is 3. The van der Waals surface area contributed by atoms with Gasteiger partial charge in [-0.2, -0.15) is 0 Å². The second kappa shape index (κ2) is 5.38. The molecule has 2 spiro atoms. The van der Waals surface area contributed by atoms with Crippen molar-refractivity contribution in [2.45, 2.75) is 77.2 Å². The zero-order valence-electron chi connectivity index (χ0n) is 17.4. The fraction of sp³-hybridized carbons (Fsp3) is 0.913. The van der Waals surface area contributed by atoms with E-state index >= 15 is 0 Å². The lowest BCUT2D eigenvalue weighted by molar-refractivity contribution is -0.242. The minimum atomic E-state index is -0.528. The minimum Gasteiger partial charge on any atom is -0.392 e. The molecule has 0 saturated heterocycles. The lowest BCUT2D eigenvalue weighted by atomic mass is 9.39. The third-order valence-electron chi connectivity index (χ3n) is 10.3. The molecule has 3 N–H and O–H groups in total. The number of hydrogen-bond acceptors (Lipinski definition) is 4. The Kier molecular flexibility index (Phi) is 3.71. The van der Waals surface area contributed by atoms with Gasteiger partial charge in [0.25, 0.3) is 0 Å². The van der Waals surface area contributed by atoms with Crippen LogP contribution in [0, 0.1) is 39.9 Å². The summed E-state index contributed by atoms with van der Waals surface area (Å²) in [5.41, 5.74) is 0.412. The highest BCUT2D eigenvalue weighted by Gasteiger charge is 2.84. The first-order valence-corrected chi connectivity index (χ1v) is 11.1. The summed E-state index contributed by atoms with van der Waals surface area (Å²) in [6.45, 7) is 12.1. The van der Waals surface area contributed by atoms with E-state index in [1.165, 1.54) is 0 Å². The molecule has 4 bridgehead atoms. The maximum absolute atomic E-state index is 11.6. The number of rotatable bonds is 2. The van der Waals surface area contributed by atoms with Gasteiger partial charge >= 0.3 is 0 Å². The zero-order valence-corrected chi connectivity index (χ0v) is 17.4. The molecule has 0 heterocycles. The van der Waals surface area contributed by atoms with Crippen molar-refractivity contribution < 1.29 is 15.3 Å². The van der Waals surface area contributed by atoms with Crippen molar-refractivity contribution in [2.75, 3.05) is 13.6 Å². The van der Waals surface area contributed by atoms with Gasteiger partial charge in [-0.3, -0.25) is 0 Å². The van der Waals surface area contributed by atoms with E-state index in [4.69, 9.17) is 0 Å². The number of fused-ring (bicyclic) bond motifs is 3. The van der Waals surface area contributed by atoms with Gasteiger partial charge in [-0.1, -0.05) is 27.4 Å². The lowest BCUT2D eigenvalue weighted by Crippen LogP contribution is -2.69. The van der Waals surface area contributed by atoms with Crippen molar-refractivity contribution in [2.24, 2.45) is 39.9 Å². The van der Waals surface area contributed by atoms with Crippen LogP contribution in [0.15, 0.2) is 12.2 Å². The highest BCUT2D eigenvalue weighted by molar-refractivity contribution is 5.38. The van der Waals surface area contributed by atoms with Gasteiger partial charge in [0.1, 0.15) is 0 Å². The van der Waals surface area contributed by atoms with Crippen molar-refractivity contribution >= 4 is 0 Å². The van der Waals surface area contributed by atoms with Crippen molar-refractivity contribution in [3.8, 4) is 0 Å². The SMILES string of the molecule is C=C1C2CCC3(C1O)C1CC4C(C)(C)CCC(O)C4(C1N(C)CC)C3C2O. The predicted octanol–water partition coefficient (Wildman–Crippen LogP) is 2.43. The van der Waals surface area contributed by atoms with E-state index in [1.807, 2.05) is 0 Å². The van der Waals surface area contributed by atoms with Crippen LogP contribution in [0.4, 0.5) is 0 Å². The second-order valence-electron chi connectivity index (χ2n) is 11.2. The Morgan fingerprint density at radius 1 is 1.15 bits per heavy atom. The van der Waals surface area contributed by atoms with Crippen LogP contribution in [0.5, 0.6) is 0 Å². The molecule has 27 heavy (non-hydrogen) atoms. The van der Waals surface area contributed by atoms with Crippen LogP contribution < -0.4 is 0 Å². The molecule has 4 nitrogen and oxygen atoms in total. The molecule has 0 radical (unpaired) electrons. The molecule has 10 atom stereocenters. The maximum Gasteiger partial charge on any atom is 0.0814 e. The molecule has 6 aliphatic carbocycles. The Labute approximate surface area is 163 Å². The van der Waals surface area contributed by atoms with E-state index < -0.39 is 18.3 Å². The van der Waals surface area contributed by atoms with Crippen molar-refractivity contribution in [3.05, 3.63) is 12.2 Å². The molecule has 6 saturated carbocycles. The predicted molar refractivity (Wildman–Crippen MR) is 105 cm³/mol. The Morgan fingerprint density at radius 3 is 2.52 bits per heavy atom. The Balaban J connectivity index is 1.77. The normalized spacial score (nSPS) is 57.9. The highest BCUT2D eigenvalue weighted by Crippen LogP contribution is 2.81. The van der Waals surface area contributed by atoms with E-state index in [0.717, 1.165) is 44.2 Å². The van der Waals surface area contributed by atoms with Crippen LogP contribution in [0.25, 0.3) is 0 Å². The molecule has 0 amide bonds. The van der Waals surface area contributed by atoms with E-state index in [1.54, 1.807) is 0 Å². The summed E-state index contributed by atoms with van der Waals surface area (Å²) >= 11 is 0.